The van der Waals surface area contributed by atoms with Crippen molar-refractivity contribution >= 4 is 32.8 Å². The molecule has 0 fully saturated rings. The van der Waals surface area contributed by atoms with E-state index in [2.05, 4.69) is 85.4 Å². The van der Waals surface area contributed by atoms with Crippen LogP contribution in [0, 0.1) is 0 Å². The molecule has 1 atom stereocenters. The fraction of sp³-hybridized carbons (Fsp3) is 0.421. The standard InChI is InChI=1S/C19H25BrN6/c1-4-26(5-2)15(11-14-9-7-6-8-10-14)12-21-18-16-17(20)24-25(3)19(16)23-13-22-18/h6-10,13,15H,4-5,11-12H2,1-3H3,(H,21,22,23). The third-order valence-corrected chi connectivity index (χ3v) is 5.28. The quantitative estimate of drug-likeness (QED) is 0.608. The summed E-state index contributed by atoms with van der Waals surface area (Å²) in [6.07, 6.45) is 2.58. The number of aryl methyl sites for hydroxylation is 1. The molecule has 0 aliphatic carbocycles. The van der Waals surface area contributed by atoms with Gasteiger partial charge in [-0.25, -0.2) is 14.6 Å². The van der Waals surface area contributed by atoms with E-state index in [0.717, 1.165) is 47.5 Å². The molecule has 0 saturated heterocycles. The van der Waals surface area contributed by atoms with Gasteiger partial charge >= 0.3 is 0 Å². The largest absolute Gasteiger partial charge is 0.368 e. The van der Waals surface area contributed by atoms with Crippen LogP contribution in [-0.4, -0.2) is 50.3 Å². The Morgan fingerprint density at radius 2 is 1.88 bits per heavy atom. The van der Waals surface area contributed by atoms with Gasteiger partial charge in [0.25, 0.3) is 0 Å². The summed E-state index contributed by atoms with van der Waals surface area (Å²) in [6, 6.07) is 11.0. The number of likely N-dealkylation sites (N-methyl/N-ethyl adjacent to an activating group) is 1. The SMILES string of the molecule is CCN(CC)C(CNc1ncnc2c1c(Br)nn2C)Cc1ccccc1. The van der Waals surface area contributed by atoms with E-state index in [1.165, 1.54) is 5.56 Å². The average molecular weight is 417 g/mol. The van der Waals surface area contributed by atoms with Crippen molar-refractivity contribution in [2.75, 3.05) is 25.0 Å². The van der Waals surface area contributed by atoms with Crippen LogP contribution >= 0.6 is 15.9 Å². The number of benzene rings is 1. The number of hydrogen-bond donors (Lipinski definition) is 1. The smallest absolute Gasteiger partial charge is 0.164 e. The number of aromatic nitrogens is 4. The van der Waals surface area contributed by atoms with Crippen LogP contribution in [0.25, 0.3) is 11.0 Å². The molecule has 0 spiro atoms. The molecule has 26 heavy (non-hydrogen) atoms. The van der Waals surface area contributed by atoms with Crippen LogP contribution in [0.3, 0.4) is 0 Å². The lowest BCUT2D eigenvalue weighted by atomic mass is 10.0. The van der Waals surface area contributed by atoms with Gasteiger partial charge in [0, 0.05) is 19.6 Å². The number of rotatable bonds is 8. The zero-order valence-corrected chi connectivity index (χ0v) is 17.1. The number of halogens is 1. The lowest BCUT2D eigenvalue weighted by Gasteiger charge is -2.30. The number of nitrogens with zero attached hydrogens (tertiary/aromatic N) is 5. The molecule has 2 heterocycles. The molecular weight excluding hydrogens is 392 g/mol. The van der Waals surface area contributed by atoms with Gasteiger partial charge in [-0.05, 0) is 41.0 Å². The van der Waals surface area contributed by atoms with E-state index in [1.54, 1.807) is 11.0 Å². The summed E-state index contributed by atoms with van der Waals surface area (Å²) in [6.45, 7) is 7.27. The minimum absolute atomic E-state index is 0.382. The predicted molar refractivity (Wildman–Crippen MR) is 109 cm³/mol. The van der Waals surface area contributed by atoms with Crippen LogP contribution in [0.4, 0.5) is 5.82 Å². The van der Waals surface area contributed by atoms with Gasteiger partial charge in [0.15, 0.2) is 5.65 Å². The van der Waals surface area contributed by atoms with Crippen LogP contribution in [-0.2, 0) is 13.5 Å². The first-order valence-electron chi connectivity index (χ1n) is 8.99. The van der Waals surface area contributed by atoms with Gasteiger partial charge < -0.3 is 5.32 Å². The molecule has 1 N–H and O–H groups in total. The Hall–Kier alpha value is -1.99. The van der Waals surface area contributed by atoms with Crippen molar-refractivity contribution in [2.24, 2.45) is 7.05 Å². The molecule has 3 aromatic rings. The first kappa shape index (κ1) is 18.8. The maximum absolute atomic E-state index is 4.45. The van der Waals surface area contributed by atoms with Crippen LogP contribution in [0.15, 0.2) is 41.3 Å². The minimum atomic E-state index is 0.382. The highest BCUT2D eigenvalue weighted by Crippen LogP contribution is 2.27. The van der Waals surface area contributed by atoms with E-state index in [4.69, 9.17) is 0 Å². The van der Waals surface area contributed by atoms with Gasteiger partial charge in [0.05, 0.1) is 5.39 Å². The highest BCUT2D eigenvalue weighted by atomic mass is 79.9. The molecule has 1 aromatic carbocycles. The van der Waals surface area contributed by atoms with Gasteiger partial charge in [0.1, 0.15) is 16.7 Å². The molecule has 0 amide bonds. The van der Waals surface area contributed by atoms with Crippen LogP contribution in [0.1, 0.15) is 19.4 Å². The number of hydrogen-bond acceptors (Lipinski definition) is 5. The second kappa shape index (κ2) is 8.60. The van der Waals surface area contributed by atoms with Gasteiger partial charge in [-0.3, -0.25) is 4.90 Å². The molecule has 6 nitrogen and oxygen atoms in total. The van der Waals surface area contributed by atoms with Gasteiger partial charge in [-0.2, -0.15) is 5.10 Å². The lowest BCUT2D eigenvalue weighted by Crippen LogP contribution is -2.41. The molecule has 1 unspecified atom stereocenters. The molecule has 138 valence electrons. The molecule has 0 saturated carbocycles. The Morgan fingerprint density at radius 1 is 1.15 bits per heavy atom. The van der Waals surface area contributed by atoms with E-state index in [9.17, 15) is 0 Å². The van der Waals surface area contributed by atoms with Crippen molar-refractivity contribution in [3.63, 3.8) is 0 Å². The fourth-order valence-electron chi connectivity index (χ4n) is 3.35. The van der Waals surface area contributed by atoms with E-state index in [-0.39, 0.29) is 0 Å². The maximum atomic E-state index is 4.45. The van der Waals surface area contributed by atoms with Gasteiger partial charge in [-0.15, -0.1) is 0 Å². The Bertz CT molecular complexity index is 844. The Kier molecular flexibility index (Phi) is 6.21. The van der Waals surface area contributed by atoms with Crippen molar-refractivity contribution < 1.29 is 0 Å². The molecule has 0 aliphatic heterocycles. The third-order valence-electron chi connectivity index (χ3n) is 4.73. The van der Waals surface area contributed by atoms with E-state index < -0.39 is 0 Å². The summed E-state index contributed by atoms with van der Waals surface area (Å²) in [4.78, 5) is 11.3. The van der Waals surface area contributed by atoms with Crippen LogP contribution in [0.2, 0.25) is 0 Å². The highest BCUT2D eigenvalue weighted by Gasteiger charge is 2.18. The molecule has 0 bridgehead atoms. The normalized spacial score (nSPS) is 12.7. The summed E-state index contributed by atoms with van der Waals surface area (Å²) in [5, 5.41) is 8.85. The maximum Gasteiger partial charge on any atom is 0.164 e. The summed E-state index contributed by atoms with van der Waals surface area (Å²) < 4.78 is 2.53. The van der Waals surface area contributed by atoms with Crippen LogP contribution < -0.4 is 5.32 Å². The van der Waals surface area contributed by atoms with E-state index in [0.29, 0.717) is 6.04 Å². The summed E-state index contributed by atoms with van der Waals surface area (Å²) in [7, 11) is 1.89. The minimum Gasteiger partial charge on any atom is -0.368 e. The first-order valence-corrected chi connectivity index (χ1v) is 9.78. The first-order chi connectivity index (χ1) is 12.6. The van der Waals surface area contributed by atoms with Crippen molar-refractivity contribution in [1.82, 2.24) is 24.6 Å². The van der Waals surface area contributed by atoms with Crippen molar-refractivity contribution in [2.45, 2.75) is 26.3 Å². The molecule has 3 rings (SSSR count). The number of anilines is 1. The third kappa shape index (κ3) is 4.04. The summed E-state index contributed by atoms with van der Waals surface area (Å²) >= 11 is 3.52. The van der Waals surface area contributed by atoms with Crippen molar-refractivity contribution in [1.29, 1.82) is 0 Å². The predicted octanol–water partition coefficient (Wildman–Crippen LogP) is 3.49. The molecule has 7 heteroatoms. The monoisotopic (exact) mass is 416 g/mol. The summed E-state index contributed by atoms with van der Waals surface area (Å²) in [5.41, 5.74) is 2.17. The molecule has 0 aliphatic rings. The lowest BCUT2D eigenvalue weighted by molar-refractivity contribution is 0.224. The highest BCUT2D eigenvalue weighted by molar-refractivity contribution is 9.10. The average Bonchev–Trinajstić information content (AvgIpc) is 2.96. The van der Waals surface area contributed by atoms with E-state index in [1.807, 2.05) is 7.05 Å². The zero-order chi connectivity index (χ0) is 18.5. The second-order valence-corrected chi connectivity index (χ2v) is 7.03. The molecular formula is C19H25BrN6. The number of fused-ring (bicyclic) bond motifs is 1. The van der Waals surface area contributed by atoms with Crippen molar-refractivity contribution in [3.8, 4) is 0 Å². The Balaban J connectivity index is 1.81. The van der Waals surface area contributed by atoms with Crippen LogP contribution in [0.5, 0.6) is 0 Å². The van der Waals surface area contributed by atoms with Crippen molar-refractivity contribution in [3.05, 3.63) is 46.8 Å². The number of nitrogens with one attached hydrogen (secondary N) is 1. The molecule has 2 aromatic heterocycles. The topological polar surface area (TPSA) is 58.9 Å². The second-order valence-electron chi connectivity index (χ2n) is 6.28. The Morgan fingerprint density at radius 3 is 2.58 bits per heavy atom. The van der Waals surface area contributed by atoms with Gasteiger partial charge in [-0.1, -0.05) is 44.2 Å². The Labute approximate surface area is 162 Å². The molecule has 0 radical (unpaired) electrons. The van der Waals surface area contributed by atoms with Gasteiger partial charge in [0.2, 0.25) is 0 Å². The fourth-order valence-corrected chi connectivity index (χ4v) is 3.95. The zero-order valence-electron chi connectivity index (χ0n) is 15.5. The van der Waals surface area contributed by atoms with E-state index >= 15 is 0 Å². The summed E-state index contributed by atoms with van der Waals surface area (Å²) in [5.74, 6) is 0.820.